The Balaban J connectivity index is 1.82. The van der Waals surface area contributed by atoms with Crippen molar-refractivity contribution < 1.29 is 23.8 Å². The minimum atomic E-state index is -0.598. The fourth-order valence-corrected chi connectivity index (χ4v) is 3.56. The highest BCUT2D eigenvalue weighted by Crippen LogP contribution is 2.28. The summed E-state index contributed by atoms with van der Waals surface area (Å²) in [6, 6.07) is 5.37. The number of nitrogens with zero attached hydrogens (tertiary/aromatic N) is 2. The van der Waals surface area contributed by atoms with E-state index < -0.39 is 12.0 Å². The zero-order chi connectivity index (χ0) is 22.1. The van der Waals surface area contributed by atoms with E-state index in [9.17, 15) is 9.59 Å². The van der Waals surface area contributed by atoms with Crippen LogP contribution in [0.15, 0.2) is 18.2 Å². The maximum Gasteiger partial charge on any atom is 0.328 e. The summed E-state index contributed by atoms with van der Waals surface area (Å²) < 4.78 is 15.5. The number of nitrogens with one attached hydrogen (secondary N) is 1. The van der Waals surface area contributed by atoms with Crippen LogP contribution < -0.4 is 14.8 Å². The Hall–Kier alpha value is -2.32. The molecule has 1 heterocycles. The summed E-state index contributed by atoms with van der Waals surface area (Å²) in [7, 11) is 4.61. The second-order valence-electron chi connectivity index (χ2n) is 7.70. The predicted molar refractivity (Wildman–Crippen MR) is 115 cm³/mol. The van der Waals surface area contributed by atoms with Crippen LogP contribution in [0.5, 0.6) is 11.5 Å². The Morgan fingerprint density at radius 3 is 2.23 bits per heavy atom. The first-order chi connectivity index (χ1) is 14.4. The molecule has 168 valence electrons. The highest BCUT2D eigenvalue weighted by atomic mass is 16.5. The number of hydrogen-bond acceptors (Lipinski definition) is 7. The fourth-order valence-electron chi connectivity index (χ4n) is 3.56. The molecule has 0 aromatic heterocycles. The van der Waals surface area contributed by atoms with Gasteiger partial charge in [-0.15, -0.1) is 0 Å². The van der Waals surface area contributed by atoms with E-state index >= 15 is 0 Å². The van der Waals surface area contributed by atoms with Crippen LogP contribution in [0.4, 0.5) is 0 Å². The lowest BCUT2D eigenvalue weighted by Gasteiger charge is -2.34. The van der Waals surface area contributed by atoms with Crippen LogP contribution in [0, 0.1) is 5.92 Å². The van der Waals surface area contributed by atoms with Gasteiger partial charge in [0.15, 0.2) is 11.5 Å². The molecule has 2 rings (SSSR count). The lowest BCUT2D eigenvalue weighted by atomic mass is 9.99. The van der Waals surface area contributed by atoms with E-state index in [-0.39, 0.29) is 18.4 Å². The SMILES string of the molecule is CC[C@H](C)[C@@H](NC(=O)CN1CCN(Cc2ccc(OC)c(OC)c2)CC1)C(=O)OC. The summed E-state index contributed by atoms with van der Waals surface area (Å²) in [5, 5.41) is 2.85. The smallest absolute Gasteiger partial charge is 0.328 e. The van der Waals surface area contributed by atoms with Crippen LogP contribution in [0.3, 0.4) is 0 Å². The van der Waals surface area contributed by atoms with Crippen molar-refractivity contribution in [2.24, 2.45) is 5.92 Å². The number of ether oxygens (including phenoxy) is 3. The van der Waals surface area contributed by atoms with Gasteiger partial charge < -0.3 is 19.5 Å². The van der Waals surface area contributed by atoms with Gasteiger partial charge in [0.25, 0.3) is 0 Å². The van der Waals surface area contributed by atoms with E-state index in [0.717, 1.165) is 56.2 Å². The Bertz CT molecular complexity index is 704. The normalized spacial score (nSPS) is 17.1. The number of hydrogen-bond donors (Lipinski definition) is 1. The van der Waals surface area contributed by atoms with Gasteiger partial charge in [-0.2, -0.15) is 0 Å². The second-order valence-corrected chi connectivity index (χ2v) is 7.70. The molecule has 0 aliphatic carbocycles. The summed E-state index contributed by atoms with van der Waals surface area (Å²) in [4.78, 5) is 28.9. The molecule has 1 amide bonds. The molecule has 8 heteroatoms. The minimum absolute atomic E-state index is 0.0275. The van der Waals surface area contributed by atoms with Crippen molar-refractivity contribution >= 4 is 11.9 Å². The van der Waals surface area contributed by atoms with Gasteiger partial charge in [0.1, 0.15) is 6.04 Å². The average Bonchev–Trinajstić information content (AvgIpc) is 2.77. The lowest BCUT2D eigenvalue weighted by Crippen LogP contribution is -2.52. The Morgan fingerprint density at radius 1 is 1.03 bits per heavy atom. The number of carbonyl (C=O) groups excluding carboxylic acids is 2. The summed E-state index contributed by atoms with van der Waals surface area (Å²) in [6.45, 7) is 8.37. The molecule has 8 nitrogen and oxygen atoms in total. The number of rotatable bonds is 10. The quantitative estimate of drug-likeness (QED) is 0.574. The summed E-state index contributed by atoms with van der Waals surface area (Å²) in [5.41, 5.74) is 1.16. The molecule has 0 saturated carbocycles. The molecule has 2 atom stereocenters. The Labute approximate surface area is 179 Å². The number of piperazine rings is 1. The van der Waals surface area contributed by atoms with Crippen molar-refractivity contribution in [3.8, 4) is 11.5 Å². The molecule has 30 heavy (non-hydrogen) atoms. The molecule has 0 unspecified atom stereocenters. The van der Waals surface area contributed by atoms with Gasteiger partial charge in [0, 0.05) is 32.7 Å². The number of benzene rings is 1. The minimum Gasteiger partial charge on any atom is -0.493 e. The van der Waals surface area contributed by atoms with Crippen molar-refractivity contribution in [3.05, 3.63) is 23.8 Å². The van der Waals surface area contributed by atoms with E-state index in [4.69, 9.17) is 14.2 Å². The topological polar surface area (TPSA) is 80.3 Å². The molecular weight excluding hydrogens is 386 g/mol. The summed E-state index contributed by atoms with van der Waals surface area (Å²) in [5.74, 6) is 0.947. The third kappa shape index (κ3) is 6.60. The van der Waals surface area contributed by atoms with E-state index in [1.165, 1.54) is 7.11 Å². The molecule has 1 aromatic rings. The molecule has 1 fully saturated rings. The standard InChI is InChI=1S/C22H35N3O5/c1-6-16(2)21(22(27)30-5)23-20(26)15-25-11-9-24(10-12-25)14-17-7-8-18(28-3)19(13-17)29-4/h7-8,13,16,21H,6,9-12,14-15H2,1-5H3,(H,23,26)/t16-,21+/m0/s1. The van der Waals surface area contributed by atoms with Gasteiger partial charge in [-0.25, -0.2) is 4.79 Å². The molecule has 0 bridgehead atoms. The third-order valence-electron chi connectivity index (χ3n) is 5.67. The molecule has 0 spiro atoms. The number of esters is 1. The Morgan fingerprint density at radius 2 is 1.67 bits per heavy atom. The van der Waals surface area contributed by atoms with E-state index in [0.29, 0.717) is 0 Å². The van der Waals surface area contributed by atoms with Crippen LogP contribution in [0.2, 0.25) is 0 Å². The van der Waals surface area contributed by atoms with E-state index in [2.05, 4.69) is 15.1 Å². The number of carbonyl (C=O) groups is 2. The highest BCUT2D eigenvalue weighted by Gasteiger charge is 2.28. The Kier molecular flexibility index (Phi) is 9.39. The van der Waals surface area contributed by atoms with E-state index in [1.54, 1.807) is 14.2 Å². The monoisotopic (exact) mass is 421 g/mol. The van der Waals surface area contributed by atoms with Crippen molar-refractivity contribution in [2.75, 3.05) is 54.1 Å². The van der Waals surface area contributed by atoms with E-state index in [1.807, 2.05) is 32.0 Å². The highest BCUT2D eigenvalue weighted by molar-refractivity contribution is 5.85. The number of amides is 1. The van der Waals surface area contributed by atoms with Crippen LogP contribution >= 0.6 is 0 Å². The van der Waals surface area contributed by atoms with Gasteiger partial charge in [-0.05, 0) is 23.6 Å². The fraction of sp³-hybridized carbons (Fsp3) is 0.636. The molecular formula is C22H35N3O5. The van der Waals surface area contributed by atoms with Crippen molar-refractivity contribution in [1.82, 2.24) is 15.1 Å². The first-order valence-electron chi connectivity index (χ1n) is 10.4. The zero-order valence-corrected chi connectivity index (χ0v) is 18.8. The summed E-state index contributed by atoms with van der Waals surface area (Å²) >= 11 is 0. The average molecular weight is 422 g/mol. The van der Waals surface area contributed by atoms with Crippen molar-refractivity contribution in [1.29, 1.82) is 0 Å². The maximum atomic E-state index is 12.5. The van der Waals surface area contributed by atoms with Gasteiger partial charge >= 0.3 is 5.97 Å². The zero-order valence-electron chi connectivity index (χ0n) is 18.8. The maximum absolute atomic E-state index is 12.5. The van der Waals surface area contributed by atoms with Crippen LogP contribution in [0.1, 0.15) is 25.8 Å². The first-order valence-corrected chi connectivity index (χ1v) is 10.4. The molecule has 1 aromatic carbocycles. The lowest BCUT2D eigenvalue weighted by molar-refractivity contribution is -0.146. The summed E-state index contributed by atoms with van der Waals surface area (Å²) in [6.07, 6.45) is 0.787. The van der Waals surface area contributed by atoms with Crippen LogP contribution in [-0.4, -0.2) is 81.8 Å². The van der Waals surface area contributed by atoms with Gasteiger partial charge in [0.05, 0.1) is 27.9 Å². The van der Waals surface area contributed by atoms with Gasteiger partial charge in [0.2, 0.25) is 5.91 Å². The van der Waals surface area contributed by atoms with Crippen molar-refractivity contribution in [2.45, 2.75) is 32.9 Å². The third-order valence-corrected chi connectivity index (χ3v) is 5.67. The molecule has 1 aliphatic rings. The van der Waals surface area contributed by atoms with Gasteiger partial charge in [-0.3, -0.25) is 14.6 Å². The molecule has 1 saturated heterocycles. The predicted octanol–water partition coefficient (Wildman–Crippen LogP) is 1.53. The van der Waals surface area contributed by atoms with Crippen LogP contribution in [0.25, 0.3) is 0 Å². The largest absolute Gasteiger partial charge is 0.493 e. The molecule has 0 radical (unpaired) electrons. The van der Waals surface area contributed by atoms with Crippen LogP contribution in [-0.2, 0) is 20.9 Å². The molecule has 1 aliphatic heterocycles. The second kappa shape index (κ2) is 11.8. The van der Waals surface area contributed by atoms with Crippen molar-refractivity contribution in [3.63, 3.8) is 0 Å². The van der Waals surface area contributed by atoms with Gasteiger partial charge in [-0.1, -0.05) is 26.3 Å². The number of methoxy groups -OCH3 is 3. The molecule has 1 N–H and O–H groups in total. The first kappa shape index (κ1) is 24.0.